The summed E-state index contributed by atoms with van der Waals surface area (Å²) in [6.45, 7) is 0. The fourth-order valence-corrected chi connectivity index (χ4v) is 1.64. The molecule has 0 atom stereocenters. The van der Waals surface area contributed by atoms with Gasteiger partial charge in [-0.1, -0.05) is 11.6 Å². The Morgan fingerprint density at radius 1 is 1.35 bits per heavy atom. The molecule has 0 fully saturated rings. The normalized spacial score (nSPS) is 9.95. The standard InChI is InChI=1S/C12H12ClN5O2/c1-20-10-5-2-7(6-15-10)16-12(19)11-8(13)3-4-9(17-11)18-14/h2-6H,14H2,1H3,(H,16,19)(H,17,18). The lowest BCUT2D eigenvalue weighted by Gasteiger charge is -2.08. The molecule has 7 nitrogen and oxygen atoms in total. The molecule has 1 amide bonds. The number of nitrogens with one attached hydrogen (secondary N) is 2. The zero-order chi connectivity index (χ0) is 14.5. The van der Waals surface area contributed by atoms with E-state index in [2.05, 4.69) is 20.7 Å². The van der Waals surface area contributed by atoms with Crippen LogP contribution in [0.25, 0.3) is 0 Å². The highest BCUT2D eigenvalue weighted by atomic mass is 35.5. The number of anilines is 2. The first-order chi connectivity index (χ1) is 9.63. The van der Waals surface area contributed by atoms with Gasteiger partial charge in [0.25, 0.3) is 5.91 Å². The van der Waals surface area contributed by atoms with Gasteiger partial charge in [-0.2, -0.15) is 0 Å². The Morgan fingerprint density at radius 2 is 2.15 bits per heavy atom. The van der Waals surface area contributed by atoms with Crippen LogP contribution in [0.4, 0.5) is 11.5 Å². The number of nitrogen functional groups attached to an aromatic ring is 1. The number of carbonyl (C=O) groups is 1. The van der Waals surface area contributed by atoms with Crippen molar-refractivity contribution in [3.8, 4) is 5.88 Å². The largest absolute Gasteiger partial charge is 0.481 e. The second-order valence-electron chi connectivity index (χ2n) is 3.71. The van der Waals surface area contributed by atoms with Gasteiger partial charge in [-0.15, -0.1) is 0 Å². The van der Waals surface area contributed by atoms with E-state index < -0.39 is 5.91 Å². The number of ether oxygens (including phenoxy) is 1. The van der Waals surface area contributed by atoms with Crippen molar-refractivity contribution in [2.75, 3.05) is 17.9 Å². The van der Waals surface area contributed by atoms with Crippen molar-refractivity contribution in [3.05, 3.63) is 41.2 Å². The molecular weight excluding hydrogens is 282 g/mol. The summed E-state index contributed by atoms with van der Waals surface area (Å²) in [5.74, 6) is 5.58. The second-order valence-corrected chi connectivity index (χ2v) is 4.12. The van der Waals surface area contributed by atoms with Crippen molar-refractivity contribution in [1.29, 1.82) is 0 Å². The predicted molar refractivity (Wildman–Crippen MR) is 75.8 cm³/mol. The molecule has 0 bridgehead atoms. The topological polar surface area (TPSA) is 102 Å². The maximum atomic E-state index is 12.1. The van der Waals surface area contributed by atoms with E-state index in [4.69, 9.17) is 22.2 Å². The summed E-state index contributed by atoms with van der Waals surface area (Å²) in [6, 6.07) is 6.38. The van der Waals surface area contributed by atoms with Crippen LogP contribution in [0.5, 0.6) is 5.88 Å². The molecule has 0 saturated heterocycles. The molecule has 0 radical (unpaired) electrons. The molecule has 0 spiro atoms. The van der Waals surface area contributed by atoms with Crippen LogP contribution in [0.1, 0.15) is 10.5 Å². The molecule has 20 heavy (non-hydrogen) atoms. The fraction of sp³-hybridized carbons (Fsp3) is 0.0833. The maximum Gasteiger partial charge on any atom is 0.275 e. The van der Waals surface area contributed by atoms with E-state index >= 15 is 0 Å². The summed E-state index contributed by atoms with van der Waals surface area (Å²) in [5, 5.41) is 2.85. The van der Waals surface area contributed by atoms with E-state index in [0.717, 1.165) is 0 Å². The number of pyridine rings is 2. The Morgan fingerprint density at radius 3 is 2.75 bits per heavy atom. The van der Waals surface area contributed by atoms with Gasteiger partial charge in [-0.05, 0) is 18.2 Å². The number of amides is 1. The van der Waals surface area contributed by atoms with Crippen LogP contribution in [0.3, 0.4) is 0 Å². The van der Waals surface area contributed by atoms with Crippen LogP contribution in [-0.4, -0.2) is 23.0 Å². The molecular formula is C12H12ClN5O2. The van der Waals surface area contributed by atoms with Crippen LogP contribution in [0.15, 0.2) is 30.5 Å². The first-order valence-electron chi connectivity index (χ1n) is 5.58. The second kappa shape index (κ2) is 6.18. The lowest BCUT2D eigenvalue weighted by molar-refractivity contribution is 0.102. The van der Waals surface area contributed by atoms with Crippen molar-refractivity contribution in [3.63, 3.8) is 0 Å². The van der Waals surface area contributed by atoms with Crippen molar-refractivity contribution in [1.82, 2.24) is 9.97 Å². The zero-order valence-corrected chi connectivity index (χ0v) is 11.3. The summed E-state index contributed by atoms with van der Waals surface area (Å²) >= 11 is 5.93. The van der Waals surface area contributed by atoms with Gasteiger partial charge >= 0.3 is 0 Å². The molecule has 2 heterocycles. The summed E-state index contributed by atoms with van der Waals surface area (Å²) in [6.07, 6.45) is 1.47. The highest BCUT2D eigenvalue weighted by Gasteiger charge is 2.13. The minimum atomic E-state index is -0.459. The van der Waals surface area contributed by atoms with Gasteiger partial charge in [0.05, 0.1) is 24.0 Å². The van der Waals surface area contributed by atoms with Crippen molar-refractivity contribution in [2.45, 2.75) is 0 Å². The van der Waals surface area contributed by atoms with Gasteiger partial charge in [0.15, 0.2) is 0 Å². The SMILES string of the molecule is COc1ccc(NC(=O)c2nc(NN)ccc2Cl)cn1. The fourth-order valence-electron chi connectivity index (χ4n) is 1.45. The summed E-state index contributed by atoms with van der Waals surface area (Å²) in [7, 11) is 1.51. The van der Waals surface area contributed by atoms with Crippen LogP contribution >= 0.6 is 11.6 Å². The number of hydrogen-bond acceptors (Lipinski definition) is 6. The molecule has 8 heteroatoms. The molecule has 104 valence electrons. The lowest BCUT2D eigenvalue weighted by atomic mass is 10.3. The van der Waals surface area contributed by atoms with Gasteiger partial charge in [-0.25, -0.2) is 15.8 Å². The average molecular weight is 294 g/mol. The molecule has 4 N–H and O–H groups in total. The van der Waals surface area contributed by atoms with E-state index in [-0.39, 0.29) is 10.7 Å². The van der Waals surface area contributed by atoms with E-state index in [1.165, 1.54) is 19.4 Å². The third-order valence-electron chi connectivity index (χ3n) is 2.41. The highest BCUT2D eigenvalue weighted by Crippen LogP contribution is 2.18. The molecule has 0 unspecified atom stereocenters. The van der Waals surface area contributed by atoms with Gasteiger partial charge in [0.1, 0.15) is 11.5 Å². The Labute approximate surface area is 120 Å². The minimum absolute atomic E-state index is 0.0675. The first-order valence-corrected chi connectivity index (χ1v) is 5.96. The van der Waals surface area contributed by atoms with Crippen LogP contribution in [0.2, 0.25) is 5.02 Å². The number of rotatable bonds is 4. The number of nitrogens with zero attached hydrogens (tertiary/aromatic N) is 2. The predicted octanol–water partition coefficient (Wildman–Crippen LogP) is 1.68. The van der Waals surface area contributed by atoms with Gasteiger partial charge < -0.3 is 15.5 Å². The number of methoxy groups -OCH3 is 1. The van der Waals surface area contributed by atoms with Crippen molar-refractivity contribution >= 4 is 29.0 Å². The number of hydrogen-bond donors (Lipinski definition) is 3. The van der Waals surface area contributed by atoms with Crippen molar-refractivity contribution in [2.24, 2.45) is 5.84 Å². The molecule has 0 saturated carbocycles. The van der Waals surface area contributed by atoms with Crippen LogP contribution in [0, 0.1) is 0 Å². The summed E-state index contributed by atoms with van der Waals surface area (Å²) in [5.41, 5.74) is 2.92. The quantitative estimate of drug-likeness (QED) is 0.585. The average Bonchev–Trinajstić information content (AvgIpc) is 2.48. The Bertz CT molecular complexity index is 618. The molecule has 2 rings (SSSR count). The Hall–Kier alpha value is -2.38. The van der Waals surface area contributed by atoms with E-state index in [1.807, 2.05) is 0 Å². The molecule has 2 aromatic heterocycles. The number of carbonyl (C=O) groups excluding carboxylic acids is 1. The van der Waals surface area contributed by atoms with E-state index in [0.29, 0.717) is 17.4 Å². The number of hydrazine groups is 1. The molecule has 2 aromatic rings. The van der Waals surface area contributed by atoms with Gasteiger partial charge in [0.2, 0.25) is 5.88 Å². The van der Waals surface area contributed by atoms with Crippen LogP contribution in [-0.2, 0) is 0 Å². The zero-order valence-electron chi connectivity index (χ0n) is 10.6. The molecule has 0 aliphatic heterocycles. The third kappa shape index (κ3) is 3.14. The van der Waals surface area contributed by atoms with E-state index in [9.17, 15) is 4.79 Å². The molecule has 0 aliphatic carbocycles. The van der Waals surface area contributed by atoms with Gasteiger partial charge in [-0.3, -0.25) is 4.79 Å². The third-order valence-corrected chi connectivity index (χ3v) is 2.72. The highest BCUT2D eigenvalue weighted by molar-refractivity contribution is 6.34. The van der Waals surface area contributed by atoms with Crippen LogP contribution < -0.4 is 21.3 Å². The van der Waals surface area contributed by atoms with Gasteiger partial charge in [0, 0.05) is 6.07 Å². The molecule has 0 aliphatic rings. The summed E-state index contributed by atoms with van der Waals surface area (Å²) < 4.78 is 4.93. The van der Waals surface area contributed by atoms with Crippen molar-refractivity contribution < 1.29 is 9.53 Å². The summed E-state index contributed by atoms with van der Waals surface area (Å²) in [4.78, 5) is 20.0. The Kier molecular flexibility index (Phi) is 4.34. The monoisotopic (exact) mass is 293 g/mol. The molecule has 0 aromatic carbocycles. The first kappa shape index (κ1) is 14.0. The Balaban J connectivity index is 2.18. The number of halogens is 1. The number of nitrogens with two attached hydrogens (primary N) is 1. The smallest absolute Gasteiger partial charge is 0.275 e. The van der Waals surface area contributed by atoms with E-state index in [1.54, 1.807) is 18.2 Å². The number of aromatic nitrogens is 2. The minimum Gasteiger partial charge on any atom is -0.481 e. The lowest BCUT2D eigenvalue weighted by Crippen LogP contribution is -2.17. The maximum absolute atomic E-state index is 12.1.